The molecule has 0 bridgehead atoms. The number of phenolic OH excluding ortho intramolecular Hbond substituents is 1. The summed E-state index contributed by atoms with van der Waals surface area (Å²) in [5.41, 5.74) is 4.82. The van der Waals surface area contributed by atoms with E-state index in [1.165, 1.54) is 16.7 Å². The summed E-state index contributed by atoms with van der Waals surface area (Å²) in [6, 6.07) is 13.6. The molecule has 4 rings (SSSR count). The number of ether oxygens (including phenoxy) is 2. The van der Waals surface area contributed by atoms with Crippen molar-refractivity contribution in [2.45, 2.75) is 20.3 Å². The number of fused-ring (bicyclic) bond motifs is 3. The molecule has 3 nitrogen and oxygen atoms in total. The SMILES string of the molecule is CCc1c(C)cc2ccc3c(c2c1-c1ccc(O)cc1)OCO3. The van der Waals surface area contributed by atoms with Crippen LogP contribution in [0.4, 0.5) is 0 Å². The van der Waals surface area contributed by atoms with E-state index < -0.39 is 0 Å². The standard InChI is InChI=1S/C20H18O3/c1-3-16-12(2)10-14-6-9-17-20(23-11-22-17)19(14)18(16)13-4-7-15(21)8-5-13/h4-10,21H,3,11H2,1-2H3. The van der Waals surface area contributed by atoms with Crippen LogP contribution in [0.3, 0.4) is 0 Å². The number of rotatable bonds is 2. The molecule has 1 N–H and O–H groups in total. The number of benzene rings is 3. The Bertz CT molecular complexity index is 895. The second-order valence-electron chi connectivity index (χ2n) is 5.84. The highest BCUT2D eigenvalue weighted by molar-refractivity contribution is 6.04. The first-order valence-electron chi connectivity index (χ1n) is 7.83. The van der Waals surface area contributed by atoms with Crippen molar-refractivity contribution < 1.29 is 14.6 Å². The van der Waals surface area contributed by atoms with Crippen molar-refractivity contribution in [1.29, 1.82) is 0 Å². The lowest BCUT2D eigenvalue weighted by Crippen LogP contribution is -1.96. The molecule has 23 heavy (non-hydrogen) atoms. The Hall–Kier alpha value is -2.68. The van der Waals surface area contributed by atoms with Crippen LogP contribution < -0.4 is 9.47 Å². The summed E-state index contributed by atoms with van der Waals surface area (Å²) in [7, 11) is 0. The van der Waals surface area contributed by atoms with Gasteiger partial charge in [0.15, 0.2) is 11.5 Å². The molecule has 0 amide bonds. The van der Waals surface area contributed by atoms with Crippen molar-refractivity contribution in [2.75, 3.05) is 6.79 Å². The zero-order valence-electron chi connectivity index (χ0n) is 13.2. The minimum absolute atomic E-state index is 0.263. The molecule has 3 heteroatoms. The average molecular weight is 306 g/mol. The molecule has 0 unspecified atom stereocenters. The molecule has 3 aromatic carbocycles. The van der Waals surface area contributed by atoms with Crippen molar-refractivity contribution in [3.8, 4) is 28.4 Å². The molecule has 1 aliphatic heterocycles. The molecule has 0 radical (unpaired) electrons. The molecule has 0 aliphatic carbocycles. The Morgan fingerprint density at radius 1 is 1.04 bits per heavy atom. The third kappa shape index (κ3) is 2.12. The number of hydrogen-bond donors (Lipinski definition) is 1. The maximum atomic E-state index is 9.61. The Balaban J connectivity index is 2.14. The number of phenols is 1. The molecular formula is C20H18O3. The minimum atomic E-state index is 0.263. The number of aromatic hydroxyl groups is 1. The second kappa shape index (κ2) is 5.20. The van der Waals surface area contributed by atoms with E-state index in [0.29, 0.717) is 0 Å². The van der Waals surface area contributed by atoms with Crippen molar-refractivity contribution >= 4 is 10.8 Å². The molecule has 1 heterocycles. The largest absolute Gasteiger partial charge is 0.508 e. The van der Waals surface area contributed by atoms with E-state index in [2.05, 4.69) is 26.0 Å². The molecule has 1 aliphatic rings. The predicted octanol–water partition coefficient (Wildman–Crippen LogP) is 4.81. The van der Waals surface area contributed by atoms with Gasteiger partial charge < -0.3 is 14.6 Å². The van der Waals surface area contributed by atoms with E-state index in [1.807, 2.05) is 18.2 Å². The Morgan fingerprint density at radius 2 is 1.83 bits per heavy atom. The lowest BCUT2D eigenvalue weighted by molar-refractivity contribution is 0.175. The first kappa shape index (κ1) is 13.9. The number of aryl methyl sites for hydroxylation is 1. The van der Waals surface area contributed by atoms with Gasteiger partial charge in [0.05, 0.1) is 0 Å². The van der Waals surface area contributed by atoms with Crippen LogP contribution in [0, 0.1) is 6.92 Å². The lowest BCUT2D eigenvalue weighted by Gasteiger charge is -2.17. The summed E-state index contributed by atoms with van der Waals surface area (Å²) < 4.78 is 11.3. The van der Waals surface area contributed by atoms with Gasteiger partial charge in [-0.3, -0.25) is 0 Å². The highest BCUT2D eigenvalue weighted by Gasteiger charge is 2.22. The number of hydrogen-bond acceptors (Lipinski definition) is 3. The van der Waals surface area contributed by atoms with E-state index in [9.17, 15) is 5.11 Å². The Labute approximate surface area is 135 Å². The molecular weight excluding hydrogens is 288 g/mol. The van der Waals surface area contributed by atoms with Crippen molar-refractivity contribution in [3.63, 3.8) is 0 Å². The van der Waals surface area contributed by atoms with Gasteiger partial charge >= 0.3 is 0 Å². The zero-order chi connectivity index (χ0) is 16.0. The van der Waals surface area contributed by atoms with Gasteiger partial charge in [0, 0.05) is 5.39 Å². The van der Waals surface area contributed by atoms with Gasteiger partial charge in [-0.1, -0.05) is 31.2 Å². The third-order valence-electron chi connectivity index (χ3n) is 4.48. The van der Waals surface area contributed by atoms with Gasteiger partial charge in [-0.2, -0.15) is 0 Å². The fourth-order valence-electron chi connectivity index (χ4n) is 3.44. The maximum Gasteiger partial charge on any atom is 0.231 e. The highest BCUT2D eigenvalue weighted by Crippen LogP contribution is 2.46. The summed E-state index contributed by atoms with van der Waals surface area (Å²) >= 11 is 0. The Morgan fingerprint density at radius 3 is 2.57 bits per heavy atom. The third-order valence-corrected chi connectivity index (χ3v) is 4.48. The van der Waals surface area contributed by atoms with E-state index in [1.54, 1.807) is 12.1 Å². The van der Waals surface area contributed by atoms with Gasteiger partial charge in [0.2, 0.25) is 6.79 Å². The topological polar surface area (TPSA) is 38.7 Å². The van der Waals surface area contributed by atoms with Crippen molar-refractivity contribution in [2.24, 2.45) is 0 Å². The summed E-state index contributed by atoms with van der Waals surface area (Å²) in [5.74, 6) is 1.89. The molecule has 3 aromatic rings. The van der Waals surface area contributed by atoms with Crippen molar-refractivity contribution in [3.05, 3.63) is 53.6 Å². The normalized spacial score (nSPS) is 12.8. The van der Waals surface area contributed by atoms with Crippen LogP contribution in [0.5, 0.6) is 17.2 Å². The molecule has 0 atom stereocenters. The highest BCUT2D eigenvalue weighted by atomic mass is 16.7. The first-order valence-corrected chi connectivity index (χ1v) is 7.83. The van der Waals surface area contributed by atoms with Crippen LogP contribution >= 0.6 is 0 Å². The van der Waals surface area contributed by atoms with Gasteiger partial charge in [0.1, 0.15) is 5.75 Å². The van der Waals surface area contributed by atoms with E-state index >= 15 is 0 Å². The quantitative estimate of drug-likeness (QED) is 0.738. The zero-order valence-corrected chi connectivity index (χ0v) is 13.2. The predicted molar refractivity (Wildman–Crippen MR) is 91.3 cm³/mol. The fourth-order valence-corrected chi connectivity index (χ4v) is 3.44. The molecule has 0 saturated carbocycles. The first-order chi connectivity index (χ1) is 11.2. The van der Waals surface area contributed by atoms with E-state index in [-0.39, 0.29) is 12.5 Å². The second-order valence-corrected chi connectivity index (χ2v) is 5.84. The van der Waals surface area contributed by atoms with E-state index in [4.69, 9.17) is 9.47 Å². The molecule has 0 fully saturated rings. The van der Waals surface area contributed by atoms with Gasteiger partial charge in [-0.15, -0.1) is 0 Å². The van der Waals surface area contributed by atoms with Gasteiger partial charge in [-0.05, 0) is 59.2 Å². The van der Waals surface area contributed by atoms with Gasteiger partial charge in [-0.25, -0.2) is 0 Å². The van der Waals surface area contributed by atoms with Crippen LogP contribution in [-0.2, 0) is 6.42 Å². The van der Waals surface area contributed by atoms with Crippen LogP contribution in [0.2, 0.25) is 0 Å². The Kier molecular flexibility index (Phi) is 3.15. The maximum absolute atomic E-state index is 9.61. The summed E-state index contributed by atoms with van der Waals surface area (Å²) in [5, 5.41) is 11.8. The smallest absolute Gasteiger partial charge is 0.231 e. The van der Waals surface area contributed by atoms with Crippen molar-refractivity contribution in [1.82, 2.24) is 0 Å². The van der Waals surface area contributed by atoms with E-state index in [0.717, 1.165) is 34.3 Å². The summed E-state index contributed by atoms with van der Waals surface area (Å²) in [6.45, 7) is 4.57. The average Bonchev–Trinajstić information content (AvgIpc) is 3.03. The van der Waals surface area contributed by atoms with Crippen LogP contribution in [0.15, 0.2) is 42.5 Å². The minimum Gasteiger partial charge on any atom is -0.508 e. The monoisotopic (exact) mass is 306 g/mol. The van der Waals surface area contributed by atoms with Gasteiger partial charge in [0.25, 0.3) is 0 Å². The fraction of sp³-hybridized carbons (Fsp3) is 0.200. The molecule has 0 aromatic heterocycles. The van der Waals surface area contributed by atoms with Crippen LogP contribution in [0.25, 0.3) is 21.9 Å². The summed E-state index contributed by atoms with van der Waals surface area (Å²) in [6.07, 6.45) is 0.933. The molecule has 0 saturated heterocycles. The lowest BCUT2D eigenvalue weighted by atomic mass is 9.88. The summed E-state index contributed by atoms with van der Waals surface area (Å²) in [4.78, 5) is 0. The molecule has 0 spiro atoms. The molecule has 116 valence electrons. The van der Waals surface area contributed by atoms with Crippen LogP contribution in [-0.4, -0.2) is 11.9 Å². The van der Waals surface area contributed by atoms with Crippen LogP contribution in [0.1, 0.15) is 18.1 Å².